The zero-order valence-electron chi connectivity index (χ0n) is 15.8. The quantitative estimate of drug-likeness (QED) is 0.550. The molecule has 142 valence electrons. The maximum atomic E-state index is 12.5. The van der Waals surface area contributed by atoms with E-state index >= 15 is 0 Å². The Bertz CT molecular complexity index is 792. The molecule has 0 aromatic heterocycles. The monoisotopic (exact) mass is 367 g/mol. The first-order valence-electron chi connectivity index (χ1n) is 9.17. The van der Waals surface area contributed by atoms with Crippen LogP contribution >= 0.6 is 0 Å². The zero-order valence-corrected chi connectivity index (χ0v) is 15.8. The van der Waals surface area contributed by atoms with Crippen LogP contribution in [0.2, 0.25) is 0 Å². The molecule has 1 saturated heterocycles. The van der Waals surface area contributed by atoms with Gasteiger partial charge in [0.2, 0.25) is 0 Å². The lowest BCUT2D eigenvalue weighted by atomic mass is 10.1. The second-order valence-corrected chi connectivity index (χ2v) is 6.19. The molecule has 27 heavy (non-hydrogen) atoms. The highest BCUT2D eigenvalue weighted by Crippen LogP contribution is 2.28. The van der Waals surface area contributed by atoms with Gasteiger partial charge in [0, 0.05) is 24.3 Å². The lowest BCUT2D eigenvalue weighted by Gasteiger charge is -2.28. The van der Waals surface area contributed by atoms with E-state index in [9.17, 15) is 4.79 Å². The fraction of sp³-hybridized carbons (Fsp3) is 0.318. The van der Waals surface area contributed by atoms with Crippen molar-refractivity contribution in [1.29, 1.82) is 0 Å². The Morgan fingerprint density at radius 3 is 2.52 bits per heavy atom. The summed E-state index contributed by atoms with van der Waals surface area (Å²) in [7, 11) is 1.61. The summed E-state index contributed by atoms with van der Waals surface area (Å²) in [5.74, 6) is 1.32. The molecule has 1 fully saturated rings. The molecule has 2 aromatic rings. The van der Waals surface area contributed by atoms with Gasteiger partial charge in [-0.25, -0.2) is 0 Å². The van der Waals surface area contributed by atoms with Crippen molar-refractivity contribution in [3.05, 3.63) is 59.7 Å². The van der Waals surface area contributed by atoms with Gasteiger partial charge in [0.05, 0.1) is 26.9 Å². The molecule has 0 unspecified atom stereocenters. The third-order valence-corrected chi connectivity index (χ3v) is 4.44. The van der Waals surface area contributed by atoms with Crippen LogP contribution in [-0.4, -0.2) is 45.8 Å². The largest absolute Gasteiger partial charge is 0.493 e. The van der Waals surface area contributed by atoms with E-state index in [0.29, 0.717) is 23.7 Å². The van der Waals surface area contributed by atoms with Crippen molar-refractivity contribution in [2.75, 3.05) is 44.9 Å². The van der Waals surface area contributed by atoms with Crippen molar-refractivity contribution < 1.29 is 19.0 Å². The first-order valence-corrected chi connectivity index (χ1v) is 9.17. The Kier molecular flexibility index (Phi) is 6.49. The summed E-state index contributed by atoms with van der Waals surface area (Å²) in [5, 5.41) is 0. The summed E-state index contributed by atoms with van der Waals surface area (Å²) >= 11 is 0. The lowest BCUT2D eigenvalue weighted by molar-refractivity contribution is 0.104. The van der Waals surface area contributed by atoms with E-state index in [-0.39, 0.29) is 5.78 Å². The highest BCUT2D eigenvalue weighted by atomic mass is 16.5. The number of carbonyl (C=O) groups is 1. The van der Waals surface area contributed by atoms with Crippen molar-refractivity contribution in [3.8, 4) is 11.5 Å². The number of allylic oxidation sites excluding steroid dienone is 1. The molecule has 1 aliphatic heterocycles. The second-order valence-electron chi connectivity index (χ2n) is 6.19. The first-order chi connectivity index (χ1) is 13.2. The lowest BCUT2D eigenvalue weighted by Crippen LogP contribution is -2.36. The van der Waals surface area contributed by atoms with Crippen LogP contribution in [0.1, 0.15) is 22.8 Å². The molecule has 0 spiro atoms. The number of nitrogens with zero attached hydrogens (tertiary/aromatic N) is 1. The molecule has 5 nitrogen and oxygen atoms in total. The highest BCUT2D eigenvalue weighted by molar-refractivity contribution is 6.07. The second kappa shape index (κ2) is 9.24. The molecule has 2 aromatic carbocycles. The van der Waals surface area contributed by atoms with Crippen LogP contribution in [0.25, 0.3) is 6.08 Å². The van der Waals surface area contributed by atoms with Crippen LogP contribution in [0, 0.1) is 0 Å². The number of ether oxygens (including phenoxy) is 3. The predicted octanol–water partition coefficient (Wildman–Crippen LogP) is 3.83. The summed E-state index contributed by atoms with van der Waals surface area (Å²) in [4.78, 5) is 14.7. The van der Waals surface area contributed by atoms with E-state index in [0.717, 1.165) is 37.6 Å². The van der Waals surface area contributed by atoms with Gasteiger partial charge in [-0.05, 0) is 55.0 Å². The van der Waals surface area contributed by atoms with Gasteiger partial charge in [-0.2, -0.15) is 0 Å². The summed E-state index contributed by atoms with van der Waals surface area (Å²) in [6.07, 6.45) is 3.38. The van der Waals surface area contributed by atoms with Gasteiger partial charge >= 0.3 is 0 Å². The number of anilines is 1. The van der Waals surface area contributed by atoms with Gasteiger partial charge < -0.3 is 19.1 Å². The van der Waals surface area contributed by atoms with Crippen molar-refractivity contribution in [1.82, 2.24) is 0 Å². The maximum absolute atomic E-state index is 12.5. The SMILES string of the molecule is CCOc1cc(C=CC(=O)c2ccc(N3CCOCC3)cc2)ccc1OC. The van der Waals surface area contributed by atoms with E-state index < -0.39 is 0 Å². The zero-order chi connectivity index (χ0) is 19.1. The third kappa shape index (κ3) is 4.89. The van der Waals surface area contributed by atoms with E-state index in [2.05, 4.69) is 4.90 Å². The number of ketones is 1. The number of carbonyl (C=O) groups excluding carboxylic acids is 1. The Morgan fingerprint density at radius 1 is 1.11 bits per heavy atom. The number of methoxy groups -OCH3 is 1. The fourth-order valence-electron chi connectivity index (χ4n) is 2.99. The average Bonchev–Trinajstić information content (AvgIpc) is 2.73. The van der Waals surface area contributed by atoms with Gasteiger partial charge in [0.25, 0.3) is 0 Å². The normalized spacial score (nSPS) is 14.4. The molecule has 1 heterocycles. The molecular weight excluding hydrogens is 342 g/mol. The molecule has 0 radical (unpaired) electrons. The molecular formula is C22H25NO4. The molecule has 3 rings (SSSR count). The molecule has 0 amide bonds. The number of rotatable bonds is 7. The van der Waals surface area contributed by atoms with Gasteiger partial charge in [-0.1, -0.05) is 12.1 Å². The number of hydrogen-bond acceptors (Lipinski definition) is 5. The first kappa shape index (κ1) is 19.0. The minimum atomic E-state index is -0.0303. The standard InChI is InChI=1S/C22H25NO4/c1-3-27-22-16-17(5-11-21(22)25-2)4-10-20(24)18-6-8-19(9-7-18)23-12-14-26-15-13-23/h4-11,16H,3,12-15H2,1-2H3. The van der Waals surface area contributed by atoms with Gasteiger partial charge in [-0.15, -0.1) is 0 Å². The summed E-state index contributed by atoms with van der Waals surface area (Å²) in [6.45, 7) is 5.73. The van der Waals surface area contributed by atoms with Crippen LogP contribution in [0.4, 0.5) is 5.69 Å². The van der Waals surface area contributed by atoms with E-state index in [1.807, 2.05) is 49.4 Å². The minimum Gasteiger partial charge on any atom is -0.493 e. The Balaban J connectivity index is 1.68. The van der Waals surface area contributed by atoms with E-state index in [1.165, 1.54) is 0 Å². The van der Waals surface area contributed by atoms with Crippen LogP contribution < -0.4 is 14.4 Å². The van der Waals surface area contributed by atoms with Crippen molar-refractivity contribution in [3.63, 3.8) is 0 Å². The summed E-state index contributed by atoms with van der Waals surface area (Å²) in [5.41, 5.74) is 2.68. The highest BCUT2D eigenvalue weighted by Gasteiger charge is 2.11. The molecule has 0 saturated carbocycles. The maximum Gasteiger partial charge on any atom is 0.185 e. The van der Waals surface area contributed by atoms with Gasteiger partial charge in [0.15, 0.2) is 17.3 Å². The van der Waals surface area contributed by atoms with E-state index in [4.69, 9.17) is 14.2 Å². The summed E-state index contributed by atoms with van der Waals surface area (Å²) < 4.78 is 16.2. The molecule has 0 N–H and O–H groups in total. The number of benzene rings is 2. The van der Waals surface area contributed by atoms with Crippen molar-refractivity contribution in [2.24, 2.45) is 0 Å². The molecule has 1 aliphatic rings. The van der Waals surface area contributed by atoms with Gasteiger partial charge in [0.1, 0.15) is 0 Å². The number of hydrogen-bond donors (Lipinski definition) is 0. The molecule has 0 atom stereocenters. The smallest absolute Gasteiger partial charge is 0.185 e. The number of morpholine rings is 1. The van der Waals surface area contributed by atoms with Crippen LogP contribution in [-0.2, 0) is 4.74 Å². The fourth-order valence-corrected chi connectivity index (χ4v) is 2.99. The predicted molar refractivity (Wildman–Crippen MR) is 107 cm³/mol. The molecule has 0 aliphatic carbocycles. The van der Waals surface area contributed by atoms with Crippen LogP contribution in [0.5, 0.6) is 11.5 Å². The Hall–Kier alpha value is -2.79. The minimum absolute atomic E-state index is 0.0303. The summed E-state index contributed by atoms with van der Waals surface area (Å²) in [6, 6.07) is 13.3. The Labute approximate surface area is 160 Å². The van der Waals surface area contributed by atoms with Gasteiger partial charge in [-0.3, -0.25) is 4.79 Å². The van der Waals surface area contributed by atoms with Crippen LogP contribution in [0.15, 0.2) is 48.5 Å². The average molecular weight is 367 g/mol. The van der Waals surface area contributed by atoms with Crippen molar-refractivity contribution in [2.45, 2.75) is 6.92 Å². The Morgan fingerprint density at radius 2 is 1.85 bits per heavy atom. The molecule has 0 bridgehead atoms. The van der Waals surface area contributed by atoms with Crippen LogP contribution in [0.3, 0.4) is 0 Å². The third-order valence-electron chi connectivity index (χ3n) is 4.44. The van der Waals surface area contributed by atoms with E-state index in [1.54, 1.807) is 19.3 Å². The van der Waals surface area contributed by atoms with Crippen molar-refractivity contribution >= 4 is 17.5 Å². The molecule has 5 heteroatoms. The topological polar surface area (TPSA) is 48.0 Å².